The Labute approximate surface area is 144 Å². The van der Waals surface area contributed by atoms with Crippen LogP contribution >= 0.6 is 0 Å². The number of hydrogen-bond donors (Lipinski definition) is 1. The third kappa shape index (κ3) is 3.14. The zero-order chi connectivity index (χ0) is 18.2. The second-order valence-corrected chi connectivity index (χ2v) is 6.35. The van der Waals surface area contributed by atoms with E-state index in [1.54, 1.807) is 17.9 Å². The second-order valence-electron chi connectivity index (χ2n) is 6.35. The van der Waals surface area contributed by atoms with E-state index < -0.39 is 23.3 Å². The van der Waals surface area contributed by atoms with Crippen LogP contribution in [0.3, 0.4) is 0 Å². The minimum atomic E-state index is -1.02. The molecule has 2 aliphatic rings. The van der Waals surface area contributed by atoms with Crippen LogP contribution in [-0.2, 0) is 19.1 Å². The van der Waals surface area contributed by atoms with Gasteiger partial charge in [-0.3, -0.25) is 9.59 Å². The Morgan fingerprint density at radius 1 is 1.28 bits per heavy atom. The van der Waals surface area contributed by atoms with Gasteiger partial charge in [0.05, 0.1) is 5.57 Å². The van der Waals surface area contributed by atoms with Crippen LogP contribution in [0.4, 0.5) is 10.1 Å². The van der Waals surface area contributed by atoms with Crippen LogP contribution in [0.5, 0.6) is 0 Å². The van der Waals surface area contributed by atoms with Crippen molar-refractivity contribution >= 4 is 23.5 Å². The number of piperidine rings is 1. The predicted octanol–water partition coefficient (Wildman–Crippen LogP) is 2.02. The summed E-state index contributed by atoms with van der Waals surface area (Å²) in [6, 6.07) is 5.54. The van der Waals surface area contributed by atoms with Crippen LogP contribution in [0.25, 0.3) is 0 Å². The van der Waals surface area contributed by atoms with Crippen molar-refractivity contribution in [3.63, 3.8) is 0 Å². The minimum Gasteiger partial charge on any atom is -0.450 e. The third-order valence-corrected chi connectivity index (χ3v) is 4.75. The van der Waals surface area contributed by atoms with Gasteiger partial charge in [-0.15, -0.1) is 0 Å². The number of carbonyl (C=O) groups excluding carboxylic acids is 3. The van der Waals surface area contributed by atoms with Gasteiger partial charge in [-0.2, -0.15) is 0 Å². The van der Waals surface area contributed by atoms with Gasteiger partial charge in [0.25, 0.3) is 5.91 Å². The monoisotopic (exact) mass is 346 g/mol. The fourth-order valence-corrected chi connectivity index (χ4v) is 3.42. The van der Waals surface area contributed by atoms with Crippen molar-refractivity contribution < 1.29 is 23.5 Å². The summed E-state index contributed by atoms with van der Waals surface area (Å²) in [6.45, 7) is 3.85. The van der Waals surface area contributed by atoms with Crippen molar-refractivity contribution in [2.24, 2.45) is 0 Å². The van der Waals surface area contributed by atoms with Crippen molar-refractivity contribution in [1.82, 2.24) is 4.90 Å². The van der Waals surface area contributed by atoms with E-state index >= 15 is 0 Å². The van der Waals surface area contributed by atoms with Gasteiger partial charge >= 0.3 is 5.97 Å². The number of hydrogen-bond acceptors (Lipinski definition) is 4. The van der Waals surface area contributed by atoms with Gasteiger partial charge in [-0.05, 0) is 25.1 Å². The van der Waals surface area contributed by atoms with E-state index in [9.17, 15) is 18.8 Å². The van der Waals surface area contributed by atoms with Crippen LogP contribution in [0.1, 0.15) is 26.7 Å². The number of amides is 2. The zero-order valence-electron chi connectivity index (χ0n) is 14.1. The molecule has 3 rings (SSSR count). The highest BCUT2D eigenvalue weighted by molar-refractivity contribution is 6.12. The Kier molecular flexibility index (Phi) is 4.32. The molecule has 0 saturated carbocycles. The van der Waals surface area contributed by atoms with Gasteiger partial charge in [-0.25, -0.2) is 9.18 Å². The molecule has 132 valence electrons. The first-order valence-corrected chi connectivity index (χ1v) is 8.09. The summed E-state index contributed by atoms with van der Waals surface area (Å²) in [5, 5.41) is 2.63. The van der Waals surface area contributed by atoms with Gasteiger partial charge in [0.1, 0.15) is 11.4 Å². The van der Waals surface area contributed by atoms with Gasteiger partial charge in [-0.1, -0.05) is 6.07 Å². The van der Waals surface area contributed by atoms with Crippen molar-refractivity contribution in [2.45, 2.75) is 32.3 Å². The molecule has 1 spiro atoms. The molecule has 2 aliphatic heterocycles. The lowest BCUT2D eigenvalue weighted by Crippen LogP contribution is -2.49. The van der Waals surface area contributed by atoms with Crippen molar-refractivity contribution in [3.8, 4) is 0 Å². The van der Waals surface area contributed by atoms with E-state index in [1.165, 1.54) is 25.1 Å². The van der Waals surface area contributed by atoms with E-state index in [2.05, 4.69) is 5.32 Å². The smallest absolute Gasteiger partial charge is 0.335 e. The standard InChI is InChI=1S/C18H19FN2O4/c1-11-15(16(23)20-14-5-3-4-13(19)10-14)18(25-17(11)24)6-8-21(9-7-18)12(2)22/h3-5,10H,6-9H2,1-2H3,(H,20,23). The van der Waals surface area contributed by atoms with E-state index in [-0.39, 0.29) is 17.1 Å². The van der Waals surface area contributed by atoms with Crippen molar-refractivity contribution in [1.29, 1.82) is 0 Å². The molecule has 0 bridgehead atoms. The van der Waals surface area contributed by atoms with Gasteiger partial charge in [0.2, 0.25) is 5.91 Å². The van der Waals surface area contributed by atoms with Crippen LogP contribution in [0.2, 0.25) is 0 Å². The first-order valence-electron chi connectivity index (χ1n) is 8.09. The van der Waals surface area contributed by atoms with Crippen LogP contribution in [-0.4, -0.2) is 41.4 Å². The fourth-order valence-electron chi connectivity index (χ4n) is 3.42. The third-order valence-electron chi connectivity index (χ3n) is 4.75. The van der Waals surface area contributed by atoms with Crippen LogP contribution in [0, 0.1) is 5.82 Å². The van der Waals surface area contributed by atoms with Gasteiger partial charge in [0, 0.05) is 44.1 Å². The molecule has 0 radical (unpaired) electrons. The number of benzene rings is 1. The van der Waals surface area contributed by atoms with E-state index in [0.29, 0.717) is 31.6 Å². The van der Waals surface area contributed by atoms with Gasteiger partial charge in [0.15, 0.2) is 0 Å². The molecular weight excluding hydrogens is 327 g/mol. The van der Waals surface area contributed by atoms with Gasteiger partial charge < -0.3 is 15.0 Å². The SMILES string of the molecule is CC(=O)N1CCC2(CC1)OC(=O)C(C)=C2C(=O)Nc1cccc(F)c1. The van der Waals surface area contributed by atoms with Crippen LogP contribution < -0.4 is 5.32 Å². The lowest BCUT2D eigenvalue weighted by Gasteiger charge is -2.39. The summed E-state index contributed by atoms with van der Waals surface area (Å²) in [5.74, 6) is -1.52. The number of esters is 1. The molecule has 1 fully saturated rings. The predicted molar refractivity (Wildman–Crippen MR) is 88.0 cm³/mol. The molecular formula is C18H19FN2O4. The van der Waals surface area contributed by atoms with E-state index in [0.717, 1.165) is 0 Å². The number of anilines is 1. The highest BCUT2D eigenvalue weighted by Crippen LogP contribution is 2.41. The Balaban J connectivity index is 1.85. The average Bonchev–Trinajstić information content (AvgIpc) is 2.78. The Bertz CT molecular complexity index is 779. The average molecular weight is 346 g/mol. The number of carbonyl (C=O) groups is 3. The molecule has 0 unspecified atom stereocenters. The number of likely N-dealkylation sites (tertiary alicyclic amines) is 1. The van der Waals surface area contributed by atoms with E-state index in [1.807, 2.05) is 0 Å². The zero-order valence-corrected chi connectivity index (χ0v) is 14.1. The second kappa shape index (κ2) is 6.31. The summed E-state index contributed by atoms with van der Waals surface area (Å²) in [7, 11) is 0. The molecule has 7 heteroatoms. The maximum atomic E-state index is 13.3. The molecule has 0 aliphatic carbocycles. The first-order chi connectivity index (χ1) is 11.8. The van der Waals surface area contributed by atoms with E-state index in [4.69, 9.17) is 4.74 Å². The lowest BCUT2D eigenvalue weighted by molar-refractivity contribution is -0.152. The molecule has 2 heterocycles. The van der Waals surface area contributed by atoms with Crippen molar-refractivity contribution in [3.05, 3.63) is 41.2 Å². The number of nitrogens with zero attached hydrogens (tertiary/aromatic N) is 1. The first kappa shape index (κ1) is 17.1. The largest absolute Gasteiger partial charge is 0.450 e. The molecule has 2 amide bonds. The highest BCUT2D eigenvalue weighted by Gasteiger charge is 2.51. The number of nitrogens with one attached hydrogen (secondary N) is 1. The summed E-state index contributed by atoms with van der Waals surface area (Å²) in [4.78, 5) is 38.0. The minimum absolute atomic E-state index is 0.0503. The quantitative estimate of drug-likeness (QED) is 0.832. The molecule has 1 aromatic rings. The summed E-state index contributed by atoms with van der Waals surface area (Å²) >= 11 is 0. The van der Waals surface area contributed by atoms with Crippen LogP contribution in [0.15, 0.2) is 35.4 Å². The molecule has 6 nitrogen and oxygen atoms in total. The molecule has 25 heavy (non-hydrogen) atoms. The lowest BCUT2D eigenvalue weighted by atomic mass is 9.82. The maximum absolute atomic E-state index is 13.3. The number of rotatable bonds is 2. The summed E-state index contributed by atoms with van der Waals surface area (Å²) < 4.78 is 18.9. The Hall–Kier alpha value is -2.70. The molecule has 1 saturated heterocycles. The summed E-state index contributed by atoms with van der Waals surface area (Å²) in [5.41, 5.74) is -0.194. The highest BCUT2D eigenvalue weighted by atomic mass is 19.1. The molecule has 1 aromatic carbocycles. The topological polar surface area (TPSA) is 75.7 Å². The van der Waals surface area contributed by atoms with Crippen molar-refractivity contribution in [2.75, 3.05) is 18.4 Å². The fraction of sp³-hybridized carbons (Fsp3) is 0.389. The maximum Gasteiger partial charge on any atom is 0.335 e. The summed E-state index contributed by atoms with van der Waals surface area (Å²) in [6.07, 6.45) is 0.725. The Morgan fingerprint density at radius 3 is 2.56 bits per heavy atom. The molecule has 0 atom stereocenters. The Morgan fingerprint density at radius 2 is 1.96 bits per heavy atom. The number of ether oxygens (including phenoxy) is 1. The molecule has 0 aromatic heterocycles. The number of halogens is 1. The normalized spacial score (nSPS) is 19.2. The molecule has 1 N–H and O–H groups in total.